The Balaban J connectivity index is 0.00000113. The molecule has 3 aliphatic heterocycles. The molecule has 25 heavy (non-hydrogen) atoms. The van der Waals surface area contributed by atoms with Crippen LogP contribution in [0.15, 0.2) is 24.3 Å². The second kappa shape index (κ2) is 7.81. The van der Waals surface area contributed by atoms with Crippen LogP contribution in [-0.2, 0) is 9.59 Å². The lowest BCUT2D eigenvalue weighted by Gasteiger charge is -2.44. The number of nitrogens with one attached hydrogen (secondary N) is 3. The quantitative estimate of drug-likeness (QED) is 0.689. The summed E-state index contributed by atoms with van der Waals surface area (Å²) in [6, 6.07) is 7.72. The van der Waals surface area contributed by atoms with Crippen molar-refractivity contribution in [3.63, 3.8) is 0 Å². The number of carbonyl (C=O) groups excluding carboxylic acids is 2. The molecule has 6 nitrogen and oxygen atoms in total. The highest BCUT2D eigenvalue weighted by Crippen LogP contribution is 2.36. The normalized spacial score (nSPS) is 23.6. The summed E-state index contributed by atoms with van der Waals surface area (Å²) < 4.78 is 0. The van der Waals surface area contributed by atoms with Crippen LogP contribution in [0.4, 0.5) is 11.4 Å². The first-order valence-electron chi connectivity index (χ1n) is 8.39. The van der Waals surface area contributed by atoms with Crippen molar-refractivity contribution in [1.82, 2.24) is 10.2 Å². The van der Waals surface area contributed by atoms with Crippen LogP contribution >= 0.6 is 24.8 Å². The molecule has 8 heteroatoms. The fourth-order valence-corrected chi connectivity index (χ4v) is 3.83. The fourth-order valence-electron chi connectivity index (χ4n) is 3.83. The zero-order chi connectivity index (χ0) is 15.9. The van der Waals surface area contributed by atoms with Gasteiger partial charge in [0.25, 0.3) is 0 Å². The van der Waals surface area contributed by atoms with Gasteiger partial charge in [0.05, 0.1) is 17.4 Å². The number of piperidine rings is 1. The molecule has 2 fully saturated rings. The lowest BCUT2D eigenvalue weighted by molar-refractivity contribution is -0.136. The van der Waals surface area contributed by atoms with Gasteiger partial charge in [-0.1, -0.05) is 12.1 Å². The van der Waals surface area contributed by atoms with Gasteiger partial charge in [-0.2, -0.15) is 0 Å². The van der Waals surface area contributed by atoms with Crippen molar-refractivity contribution < 1.29 is 9.59 Å². The number of hydrogen-bond acceptors (Lipinski definition) is 4. The smallest absolute Gasteiger partial charge is 0.250 e. The standard InChI is InChI=1S/C17H22N4O2.2ClH/c22-15(14-6-3-9-18-14)21-10-7-17(8-11-21)16(23)19-12-4-1-2-5-13(12)20-17;;/h1-2,4-5,14,18,20H,3,6-11H2,(H,19,23);2*1H/t14-;;/m0../s1. The van der Waals surface area contributed by atoms with Crippen LogP contribution in [0.25, 0.3) is 0 Å². The van der Waals surface area contributed by atoms with Crippen molar-refractivity contribution in [3.8, 4) is 0 Å². The van der Waals surface area contributed by atoms with Gasteiger partial charge in [-0.15, -0.1) is 24.8 Å². The third-order valence-corrected chi connectivity index (χ3v) is 5.27. The molecule has 2 amide bonds. The summed E-state index contributed by atoms with van der Waals surface area (Å²) in [5.74, 6) is 0.205. The summed E-state index contributed by atoms with van der Waals surface area (Å²) in [7, 11) is 0. The Labute approximate surface area is 159 Å². The summed E-state index contributed by atoms with van der Waals surface area (Å²) in [5.41, 5.74) is 1.20. The van der Waals surface area contributed by atoms with E-state index in [2.05, 4.69) is 16.0 Å². The van der Waals surface area contributed by atoms with Gasteiger partial charge in [0.2, 0.25) is 11.8 Å². The monoisotopic (exact) mass is 386 g/mol. The average molecular weight is 387 g/mol. The van der Waals surface area contributed by atoms with E-state index in [0.29, 0.717) is 25.9 Å². The third-order valence-electron chi connectivity index (χ3n) is 5.27. The number of carbonyl (C=O) groups is 2. The van der Waals surface area contributed by atoms with Gasteiger partial charge in [0, 0.05) is 13.1 Å². The van der Waals surface area contributed by atoms with Crippen molar-refractivity contribution in [1.29, 1.82) is 0 Å². The minimum absolute atomic E-state index is 0. The molecular weight excluding hydrogens is 363 g/mol. The van der Waals surface area contributed by atoms with E-state index in [9.17, 15) is 9.59 Å². The maximum Gasteiger partial charge on any atom is 0.250 e. The second-order valence-electron chi connectivity index (χ2n) is 6.68. The maximum absolute atomic E-state index is 12.6. The third kappa shape index (κ3) is 3.57. The Morgan fingerprint density at radius 3 is 2.44 bits per heavy atom. The molecule has 0 aromatic heterocycles. The number of fused-ring (bicyclic) bond motifs is 1. The highest BCUT2D eigenvalue weighted by atomic mass is 35.5. The Hall–Kier alpha value is -1.50. The van der Waals surface area contributed by atoms with Crippen LogP contribution in [0.5, 0.6) is 0 Å². The molecule has 1 aromatic rings. The first-order valence-corrected chi connectivity index (χ1v) is 8.39. The van der Waals surface area contributed by atoms with Gasteiger partial charge in [0.1, 0.15) is 5.54 Å². The SMILES string of the molecule is Cl.Cl.O=C([C@@H]1CCCN1)N1CCC2(CC1)Nc1ccccc1NC2=O. The minimum atomic E-state index is -0.589. The van der Waals surface area contributed by atoms with Gasteiger partial charge in [-0.05, 0) is 44.4 Å². The second-order valence-corrected chi connectivity index (χ2v) is 6.68. The maximum atomic E-state index is 12.6. The molecule has 138 valence electrons. The molecule has 1 spiro atoms. The number of likely N-dealkylation sites (tertiary alicyclic amines) is 1. The lowest BCUT2D eigenvalue weighted by atomic mass is 9.84. The van der Waals surface area contributed by atoms with Crippen LogP contribution in [0.1, 0.15) is 25.7 Å². The van der Waals surface area contributed by atoms with E-state index in [1.165, 1.54) is 0 Å². The lowest BCUT2D eigenvalue weighted by Crippen LogP contribution is -2.60. The number of halogens is 2. The number of anilines is 2. The first kappa shape index (κ1) is 19.8. The molecule has 0 radical (unpaired) electrons. The van der Waals surface area contributed by atoms with Crippen molar-refractivity contribution >= 4 is 48.0 Å². The molecule has 3 aliphatic rings. The zero-order valence-electron chi connectivity index (χ0n) is 13.9. The van der Waals surface area contributed by atoms with Gasteiger partial charge >= 0.3 is 0 Å². The molecule has 0 aliphatic carbocycles. The van der Waals surface area contributed by atoms with E-state index in [4.69, 9.17) is 0 Å². The molecule has 3 N–H and O–H groups in total. The Kier molecular flexibility index (Phi) is 6.19. The van der Waals surface area contributed by atoms with Crippen LogP contribution in [0.2, 0.25) is 0 Å². The highest BCUT2D eigenvalue weighted by molar-refractivity contribution is 6.06. The topological polar surface area (TPSA) is 73.5 Å². The van der Waals surface area contributed by atoms with Crippen LogP contribution < -0.4 is 16.0 Å². The van der Waals surface area contributed by atoms with E-state index in [1.54, 1.807) is 0 Å². The molecule has 1 atom stereocenters. The summed E-state index contributed by atoms with van der Waals surface area (Å²) in [4.78, 5) is 27.0. The predicted octanol–water partition coefficient (Wildman–Crippen LogP) is 2.01. The van der Waals surface area contributed by atoms with E-state index in [-0.39, 0.29) is 42.7 Å². The number of rotatable bonds is 1. The fraction of sp³-hybridized carbons (Fsp3) is 0.529. The summed E-state index contributed by atoms with van der Waals surface area (Å²) >= 11 is 0. The van der Waals surface area contributed by atoms with Gasteiger partial charge in [-0.25, -0.2) is 0 Å². The van der Waals surface area contributed by atoms with Crippen molar-refractivity contribution in [2.75, 3.05) is 30.3 Å². The number of hydrogen-bond donors (Lipinski definition) is 3. The summed E-state index contributed by atoms with van der Waals surface area (Å²) in [6.07, 6.45) is 3.28. The zero-order valence-corrected chi connectivity index (χ0v) is 15.5. The van der Waals surface area contributed by atoms with Gasteiger partial charge < -0.3 is 20.9 Å². The number of para-hydroxylation sites is 2. The van der Waals surface area contributed by atoms with E-state index < -0.39 is 5.54 Å². The van der Waals surface area contributed by atoms with Crippen molar-refractivity contribution in [3.05, 3.63) is 24.3 Å². The molecule has 4 rings (SSSR count). The molecule has 2 saturated heterocycles. The minimum Gasteiger partial charge on any atom is -0.369 e. The van der Waals surface area contributed by atoms with Crippen LogP contribution in [0.3, 0.4) is 0 Å². The average Bonchev–Trinajstić information content (AvgIpc) is 3.11. The molecular formula is C17H24Cl2N4O2. The Morgan fingerprint density at radius 1 is 1.12 bits per heavy atom. The van der Waals surface area contributed by atoms with Crippen molar-refractivity contribution in [2.24, 2.45) is 0 Å². The Morgan fingerprint density at radius 2 is 1.80 bits per heavy atom. The molecule has 0 bridgehead atoms. The molecule has 0 saturated carbocycles. The molecule has 0 unspecified atom stereocenters. The number of nitrogens with zero attached hydrogens (tertiary/aromatic N) is 1. The number of benzene rings is 1. The van der Waals surface area contributed by atoms with Crippen LogP contribution in [-0.4, -0.2) is 47.9 Å². The van der Waals surface area contributed by atoms with E-state index >= 15 is 0 Å². The Bertz CT molecular complexity index is 641. The summed E-state index contributed by atoms with van der Waals surface area (Å²) in [5, 5.41) is 9.69. The van der Waals surface area contributed by atoms with E-state index in [0.717, 1.165) is 30.8 Å². The summed E-state index contributed by atoms with van der Waals surface area (Å²) in [6.45, 7) is 2.17. The predicted molar refractivity (Wildman–Crippen MR) is 103 cm³/mol. The highest BCUT2D eigenvalue weighted by Gasteiger charge is 2.45. The first-order chi connectivity index (χ1) is 11.2. The van der Waals surface area contributed by atoms with Gasteiger partial charge in [-0.3, -0.25) is 9.59 Å². The van der Waals surface area contributed by atoms with Gasteiger partial charge in [0.15, 0.2) is 0 Å². The molecule has 1 aromatic carbocycles. The van der Waals surface area contributed by atoms with Crippen molar-refractivity contribution in [2.45, 2.75) is 37.3 Å². The largest absolute Gasteiger partial charge is 0.369 e. The van der Waals surface area contributed by atoms with E-state index in [1.807, 2.05) is 29.2 Å². The number of amides is 2. The van der Waals surface area contributed by atoms with Crippen LogP contribution in [0, 0.1) is 0 Å². The molecule has 3 heterocycles.